The first-order chi connectivity index (χ1) is 9.79. The summed E-state index contributed by atoms with van der Waals surface area (Å²) in [5.41, 5.74) is 2.18. The zero-order valence-corrected chi connectivity index (χ0v) is 11.8. The Hall–Kier alpha value is -1.84. The number of carbonyl (C=O) groups is 1. The molecule has 1 aliphatic rings. The molecule has 0 bridgehead atoms. The van der Waals surface area contributed by atoms with Gasteiger partial charge in [0.05, 0.1) is 18.3 Å². The maximum absolute atomic E-state index is 11.5. The minimum atomic E-state index is -0.256. The fraction of sp³-hybridized carbons (Fsp3) is 0.500. The second-order valence-electron chi connectivity index (χ2n) is 5.47. The van der Waals surface area contributed by atoms with E-state index < -0.39 is 0 Å². The largest absolute Gasteiger partial charge is 0.468 e. The Morgan fingerprint density at radius 1 is 1.30 bits per heavy atom. The summed E-state index contributed by atoms with van der Waals surface area (Å²) in [6, 6.07) is 8.17. The molecular formula is C16H20N2O2. The van der Waals surface area contributed by atoms with Crippen LogP contribution in [0.3, 0.4) is 0 Å². The van der Waals surface area contributed by atoms with Crippen molar-refractivity contribution in [2.75, 3.05) is 7.11 Å². The van der Waals surface area contributed by atoms with Crippen LogP contribution in [0.2, 0.25) is 0 Å². The summed E-state index contributed by atoms with van der Waals surface area (Å²) >= 11 is 0. The van der Waals surface area contributed by atoms with Gasteiger partial charge >= 0.3 is 5.97 Å². The monoisotopic (exact) mass is 272 g/mol. The van der Waals surface area contributed by atoms with Gasteiger partial charge in [-0.05, 0) is 18.9 Å². The van der Waals surface area contributed by atoms with Crippen molar-refractivity contribution in [3.63, 3.8) is 0 Å². The summed E-state index contributed by atoms with van der Waals surface area (Å²) in [4.78, 5) is 11.5. The molecule has 0 radical (unpaired) electrons. The first-order valence-electron chi connectivity index (χ1n) is 7.32. The molecule has 20 heavy (non-hydrogen) atoms. The summed E-state index contributed by atoms with van der Waals surface area (Å²) < 4.78 is 6.54. The fourth-order valence-corrected chi connectivity index (χ4v) is 3.14. The Bertz CT molecular complexity index is 612. The predicted molar refractivity (Wildman–Crippen MR) is 77.6 cm³/mol. The van der Waals surface area contributed by atoms with Crippen molar-refractivity contribution in [3.8, 4) is 0 Å². The van der Waals surface area contributed by atoms with Gasteiger partial charge < -0.3 is 4.74 Å². The van der Waals surface area contributed by atoms with Crippen LogP contribution in [0.15, 0.2) is 24.3 Å². The SMILES string of the molecule is COC(=O)Cn1nc(C2CCCCC2)c2ccccc21. The van der Waals surface area contributed by atoms with E-state index in [1.165, 1.54) is 44.6 Å². The van der Waals surface area contributed by atoms with Crippen LogP contribution in [-0.2, 0) is 16.1 Å². The topological polar surface area (TPSA) is 44.1 Å². The number of esters is 1. The van der Waals surface area contributed by atoms with Crippen molar-refractivity contribution in [2.24, 2.45) is 0 Å². The van der Waals surface area contributed by atoms with E-state index in [9.17, 15) is 4.79 Å². The van der Waals surface area contributed by atoms with E-state index in [4.69, 9.17) is 9.84 Å². The Morgan fingerprint density at radius 2 is 2.05 bits per heavy atom. The van der Waals surface area contributed by atoms with E-state index in [1.807, 2.05) is 18.2 Å². The molecule has 1 saturated carbocycles. The molecule has 1 heterocycles. The summed E-state index contributed by atoms with van der Waals surface area (Å²) in [6.45, 7) is 0.184. The number of rotatable bonds is 3. The van der Waals surface area contributed by atoms with E-state index in [0.29, 0.717) is 5.92 Å². The third-order valence-corrected chi connectivity index (χ3v) is 4.18. The number of aromatic nitrogens is 2. The molecular weight excluding hydrogens is 252 g/mol. The fourth-order valence-electron chi connectivity index (χ4n) is 3.14. The second kappa shape index (κ2) is 5.65. The Kier molecular flexibility index (Phi) is 3.72. The molecule has 106 valence electrons. The Labute approximate surface area is 118 Å². The molecule has 4 heteroatoms. The van der Waals surface area contributed by atoms with Crippen molar-refractivity contribution in [1.29, 1.82) is 0 Å². The van der Waals surface area contributed by atoms with Gasteiger partial charge in [-0.2, -0.15) is 5.10 Å². The van der Waals surface area contributed by atoms with Crippen LogP contribution in [0, 0.1) is 0 Å². The third kappa shape index (κ3) is 2.42. The van der Waals surface area contributed by atoms with E-state index in [-0.39, 0.29) is 12.5 Å². The molecule has 2 aromatic rings. The summed E-state index contributed by atoms with van der Waals surface area (Å²) in [5.74, 6) is 0.279. The molecule has 0 atom stereocenters. The first-order valence-corrected chi connectivity index (χ1v) is 7.32. The lowest BCUT2D eigenvalue weighted by Crippen LogP contribution is -2.13. The van der Waals surface area contributed by atoms with Gasteiger partial charge in [-0.15, -0.1) is 0 Å². The summed E-state index contributed by atoms with van der Waals surface area (Å²) in [7, 11) is 1.41. The minimum Gasteiger partial charge on any atom is -0.468 e. The lowest BCUT2D eigenvalue weighted by molar-refractivity contribution is -0.141. The van der Waals surface area contributed by atoms with Crippen LogP contribution in [-0.4, -0.2) is 22.9 Å². The number of para-hydroxylation sites is 1. The van der Waals surface area contributed by atoms with Crippen molar-refractivity contribution >= 4 is 16.9 Å². The van der Waals surface area contributed by atoms with Crippen LogP contribution in [0.1, 0.15) is 43.7 Å². The summed E-state index contributed by atoms with van der Waals surface area (Å²) in [5, 5.41) is 5.90. The van der Waals surface area contributed by atoms with Crippen LogP contribution in [0.25, 0.3) is 10.9 Å². The highest BCUT2D eigenvalue weighted by molar-refractivity contribution is 5.83. The first kappa shape index (κ1) is 13.2. The van der Waals surface area contributed by atoms with E-state index in [0.717, 1.165) is 11.2 Å². The van der Waals surface area contributed by atoms with Gasteiger partial charge in [0, 0.05) is 11.3 Å². The highest BCUT2D eigenvalue weighted by atomic mass is 16.5. The maximum Gasteiger partial charge on any atom is 0.327 e. The van der Waals surface area contributed by atoms with Gasteiger partial charge in [-0.1, -0.05) is 37.5 Å². The molecule has 1 aromatic heterocycles. The number of methoxy groups -OCH3 is 1. The van der Waals surface area contributed by atoms with Crippen LogP contribution < -0.4 is 0 Å². The average molecular weight is 272 g/mol. The number of fused-ring (bicyclic) bond motifs is 1. The number of hydrogen-bond donors (Lipinski definition) is 0. The molecule has 0 amide bonds. The van der Waals surface area contributed by atoms with Gasteiger partial charge in [0.1, 0.15) is 6.54 Å². The molecule has 1 aromatic carbocycles. The highest BCUT2D eigenvalue weighted by Gasteiger charge is 2.22. The van der Waals surface area contributed by atoms with Crippen molar-refractivity contribution in [1.82, 2.24) is 9.78 Å². The van der Waals surface area contributed by atoms with E-state index in [2.05, 4.69) is 6.07 Å². The number of hydrogen-bond acceptors (Lipinski definition) is 3. The highest BCUT2D eigenvalue weighted by Crippen LogP contribution is 2.35. The van der Waals surface area contributed by atoms with Crippen molar-refractivity contribution in [2.45, 2.75) is 44.6 Å². The average Bonchev–Trinajstić information content (AvgIpc) is 2.87. The Balaban J connectivity index is 2.01. The number of nitrogens with zero attached hydrogens (tertiary/aromatic N) is 2. The molecule has 1 aliphatic carbocycles. The van der Waals surface area contributed by atoms with Gasteiger partial charge in [-0.25, -0.2) is 0 Å². The molecule has 1 fully saturated rings. The lowest BCUT2D eigenvalue weighted by Gasteiger charge is -2.19. The van der Waals surface area contributed by atoms with Gasteiger partial charge in [0.2, 0.25) is 0 Å². The molecule has 0 saturated heterocycles. The normalized spacial score (nSPS) is 16.4. The molecule has 4 nitrogen and oxygen atoms in total. The molecule has 0 spiro atoms. The van der Waals surface area contributed by atoms with E-state index >= 15 is 0 Å². The lowest BCUT2D eigenvalue weighted by atomic mass is 9.86. The second-order valence-corrected chi connectivity index (χ2v) is 5.47. The minimum absolute atomic E-state index is 0.184. The Morgan fingerprint density at radius 3 is 2.80 bits per heavy atom. The standard InChI is InChI=1S/C16H20N2O2/c1-20-15(19)11-18-14-10-6-5-9-13(14)16(17-18)12-7-3-2-4-8-12/h5-6,9-10,12H,2-4,7-8,11H2,1H3. The predicted octanol–water partition coefficient (Wildman–Crippen LogP) is 3.26. The van der Waals surface area contributed by atoms with E-state index in [1.54, 1.807) is 4.68 Å². The van der Waals surface area contributed by atoms with Crippen molar-refractivity contribution < 1.29 is 9.53 Å². The quantitative estimate of drug-likeness (QED) is 0.806. The van der Waals surface area contributed by atoms with Crippen LogP contribution >= 0.6 is 0 Å². The van der Waals surface area contributed by atoms with Crippen LogP contribution in [0.4, 0.5) is 0 Å². The third-order valence-electron chi connectivity index (χ3n) is 4.18. The zero-order chi connectivity index (χ0) is 13.9. The molecule has 3 rings (SSSR count). The zero-order valence-electron chi connectivity index (χ0n) is 11.8. The van der Waals surface area contributed by atoms with Crippen molar-refractivity contribution in [3.05, 3.63) is 30.0 Å². The molecule has 0 aliphatic heterocycles. The van der Waals surface area contributed by atoms with Crippen LogP contribution in [0.5, 0.6) is 0 Å². The smallest absolute Gasteiger partial charge is 0.327 e. The summed E-state index contributed by atoms with van der Waals surface area (Å²) in [6.07, 6.45) is 6.31. The van der Waals surface area contributed by atoms with Gasteiger partial charge in [0.25, 0.3) is 0 Å². The number of benzene rings is 1. The number of carbonyl (C=O) groups excluding carboxylic acids is 1. The van der Waals surface area contributed by atoms with Gasteiger partial charge in [0.15, 0.2) is 0 Å². The maximum atomic E-state index is 11.5. The molecule has 0 N–H and O–H groups in total. The molecule has 0 unspecified atom stereocenters. The number of ether oxygens (including phenoxy) is 1. The van der Waals surface area contributed by atoms with Gasteiger partial charge in [-0.3, -0.25) is 9.48 Å².